The van der Waals surface area contributed by atoms with Gasteiger partial charge in [0.25, 0.3) is 6.01 Å². The molecule has 11 heteroatoms. The van der Waals surface area contributed by atoms with Crippen molar-refractivity contribution in [2.75, 3.05) is 30.8 Å². The predicted molar refractivity (Wildman–Crippen MR) is 171 cm³/mol. The minimum atomic E-state index is -0.478. The van der Waals surface area contributed by atoms with Gasteiger partial charge >= 0.3 is 5.97 Å². The van der Waals surface area contributed by atoms with Gasteiger partial charge in [-0.05, 0) is 78.2 Å². The molecule has 0 saturated heterocycles. The zero-order chi connectivity index (χ0) is 31.1. The Morgan fingerprint density at radius 3 is 2.34 bits per heavy atom. The molecule has 5 aromatic rings. The minimum Gasteiger partial charge on any atom is -0.465 e. The Bertz CT molecular complexity index is 1790. The molecule has 0 aliphatic carbocycles. The number of anilines is 3. The molecule has 2 N–H and O–H groups in total. The molecule has 224 valence electrons. The Labute approximate surface area is 263 Å². The van der Waals surface area contributed by atoms with Crippen LogP contribution in [0.3, 0.4) is 0 Å². The Kier molecular flexibility index (Phi) is 9.79. The highest BCUT2D eigenvalue weighted by Gasteiger charge is 2.19. The molecule has 1 heterocycles. The summed E-state index contributed by atoms with van der Waals surface area (Å²) in [5.74, 6) is -1.11. The third-order valence-electron chi connectivity index (χ3n) is 6.76. The number of nitrogens with zero attached hydrogens (tertiary/aromatic N) is 2. The van der Waals surface area contributed by atoms with Gasteiger partial charge in [-0.1, -0.05) is 53.5 Å². The number of aromatic nitrogens is 1. The molecule has 0 radical (unpaired) electrons. The van der Waals surface area contributed by atoms with Crippen molar-refractivity contribution < 1.29 is 23.5 Å². The molecule has 0 unspecified atom stereocenters. The molecule has 0 bridgehead atoms. The molecule has 2 amide bonds. The first-order valence-electron chi connectivity index (χ1n) is 13.7. The van der Waals surface area contributed by atoms with Gasteiger partial charge in [0.1, 0.15) is 5.52 Å². The molecule has 0 fully saturated rings. The van der Waals surface area contributed by atoms with E-state index in [2.05, 4.69) is 15.6 Å². The first-order chi connectivity index (χ1) is 21.3. The van der Waals surface area contributed by atoms with E-state index in [4.69, 9.17) is 32.4 Å². The van der Waals surface area contributed by atoms with Gasteiger partial charge < -0.3 is 24.7 Å². The fraction of sp³-hybridized carbons (Fsp3) is 0.152. The summed E-state index contributed by atoms with van der Waals surface area (Å²) in [7, 11) is 1.30. The molecule has 0 aliphatic rings. The number of methoxy groups -OCH3 is 1. The second-order valence-corrected chi connectivity index (χ2v) is 10.7. The molecule has 5 rings (SSSR count). The van der Waals surface area contributed by atoms with Gasteiger partial charge in [-0.2, -0.15) is 4.98 Å². The van der Waals surface area contributed by atoms with Crippen molar-refractivity contribution >= 4 is 69.5 Å². The quantitative estimate of drug-likeness (QED) is 0.152. The summed E-state index contributed by atoms with van der Waals surface area (Å²) in [5, 5.41) is 6.76. The largest absolute Gasteiger partial charge is 0.465 e. The van der Waals surface area contributed by atoms with Gasteiger partial charge in [0, 0.05) is 17.9 Å². The van der Waals surface area contributed by atoms with Gasteiger partial charge in [-0.15, -0.1) is 0 Å². The molecule has 4 aromatic carbocycles. The Morgan fingerprint density at radius 2 is 1.61 bits per heavy atom. The van der Waals surface area contributed by atoms with Gasteiger partial charge in [0.05, 0.1) is 35.7 Å². The first kappa shape index (κ1) is 30.6. The van der Waals surface area contributed by atoms with E-state index in [1.807, 2.05) is 42.5 Å². The highest BCUT2D eigenvalue weighted by molar-refractivity contribution is 6.42. The van der Waals surface area contributed by atoms with Crippen LogP contribution >= 0.6 is 23.2 Å². The summed E-state index contributed by atoms with van der Waals surface area (Å²) in [4.78, 5) is 44.3. The lowest BCUT2D eigenvalue weighted by Gasteiger charge is -2.23. The van der Waals surface area contributed by atoms with Crippen molar-refractivity contribution in [3.63, 3.8) is 0 Å². The lowest BCUT2D eigenvalue weighted by atomic mass is 10.1. The Balaban J connectivity index is 1.29. The highest BCUT2D eigenvalue weighted by atomic mass is 35.5. The number of amides is 2. The maximum Gasteiger partial charge on any atom is 0.337 e. The molecular weight excluding hydrogens is 603 g/mol. The summed E-state index contributed by atoms with van der Waals surface area (Å²) < 4.78 is 10.6. The number of carbonyl (C=O) groups excluding carboxylic acids is 3. The SMILES string of the molecule is COC(=O)c1ccc(NC(=O)CN(CCc2ccc(Cl)c(Cl)c2)C(=O)Cc2ccc3nc(Nc4ccccc4)oc3c2)cc1. The van der Waals surface area contributed by atoms with E-state index in [-0.39, 0.29) is 31.3 Å². The third-order valence-corrected chi connectivity index (χ3v) is 7.50. The van der Waals surface area contributed by atoms with Crippen molar-refractivity contribution in [2.45, 2.75) is 12.8 Å². The van der Waals surface area contributed by atoms with Gasteiger partial charge in [-0.3, -0.25) is 9.59 Å². The van der Waals surface area contributed by atoms with Crippen LogP contribution in [-0.2, 0) is 27.2 Å². The number of hydrogen-bond donors (Lipinski definition) is 2. The topological polar surface area (TPSA) is 114 Å². The number of esters is 1. The van der Waals surface area contributed by atoms with Crippen LogP contribution in [-0.4, -0.2) is 47.9 Å². The van der Waals surface area contributed by atoms with Crippen LogP contribution in [0.5, 0.6) is 0 Å². The maximum atomic E-state index is 13.6. The zero-order valence-electron chi connectivity index (χ0n) is 23.7. The average molecular weight is 632 g/mol. The van der Waals surface area contributed by atoms with Crippen LogP contribution < -0.4 is 10.6 Å². The molecule has 9 nitrogen and oxygen atoms in total. The number of hydrogen-bond acceptors (Lipinski definition) is 7. The molecule has 0 spiro atoms. The van der Waals surface area contributed by atoms with Gasteiger partial charge in [0.2, 0.25) is 11.8 Å². The van der Waals surface area contributed by atoms with E-state index >= 15 is 0 Å². The van der Waals surface area contributed by atoms with Crippen LogP contribution in [0.2, 0.25) is 10.0 Å². The van der Waals surface area contributed by atoms with E-state index < -0.39 is 5.97 Å². The van der Waals surface area contributed by atoms with Crippen molar-refractivity contribution in [2.24, 2.45) is 0 Å². The van der Waals surface area contributed by atoms with Crippen LogP contribution in [0.25, 0.3) is 11.1 Å². The lowest BCUT2D eigenvalue weighted by molar-refractivity contribution is -0.134. The fourth-order valence-electron chi connectivity index (χ4n) is 4.50. The summed E-state index contributed by atoms with van der Waals surface area (Å²) >= 11 is 12.2. The second-order valence-electron chi connectivity index (χ2n) is 9.92. The van der Waals surface area contributed by atoms with Crippen molar-refractivity contribution in [3.8, 4) is 0 Å². The third kappa shape index (κ3) is 7.94. The summed E-state index contributed by atoms with van der Waals surface area (Å²) in [5.41, 5.74) is 4.44. The fourth-order valence-corrected chi connectivity index (χ4v) is 4.82. The zero-order valence-corrected chi connectivity index (χ0v) is 25.2. The van der Waals surface area contributed by atoms with Crippen LogP contribution in [0.4, 0.5) is 17.4 Å². The first-order valence-corrected chi connectivity index (χ1v) is 14.4. The van der Waals surface area contributed by atoms with E-state index in [9.17, 15) is 14.4 Å². The number of oxazole rings is 1. The normalized spacial score (nSPS) is 10.8. The number of fused-ring (bicyclic) bond motifs is 1. The number of ether oxygens (including phenoxy) is 1. The molecule has 0 saturated carbocycles. The van der Waals surface area contributed by atoms with Crippen LogP contribution in [0.15, 0.2) is 95.4 Å². The molecular formula is C33H28Cl2N4O5. The van der Waals surface area contributed by atoms with Crippen LogP contribution in [0, 0.1) is 0 Å². The number of halogens is 2. The van der Waals surface area contributed by atoms with Crippen molar-refractivity contribution in [1.82, 2.24) is 9.88 Å². The molecule has 0 aliphatic heterocycles. The second kappa shape index (κ2) is 14.1. The summed E-state index contributed by atoms with van der Waals surface area (Å²) in [6.45, 7) is 0.0792. The lowest BCUT2D eigenvalue weighted by Crippen LogP contribution is -2.40. The van der Waals surface area contributed by atoms with E-state index in [1.165, 1.54) is 12.0 Å². The smallest absolute Gasteiger partial charge is 0.337 e. The van der Waals surface area contributed by atoms with Crippen molar-refractivity contribution in [1.29, 1.82) is 0 Å². The number of para-hydroxylation sites is 1. The molecule has 0 atom stereocenters. The number of rotatable bonds is 11. The summed E-state index contributed by atoms with van der Waals surface area (Å²) in [6.07, 6.45) is 0.500. The van der Waals surface area contributed by atoms with Crippen LogP contribution in [0.1, 0.15) is 21.5 Å². The van der Waals surface area contributed by atoms with Gasteiger partial charge in [0.15, 0.2) is 5.58 Å². The number of nitrogens with one attached hydrogen (secondary N) is 2. The standard InChI is InChI=1S/C33H28Cl2N4O5/c1-43-32(42)23-9-11-25(12-10-23)36-30(40)20-39(16-15-21-7-13-26(34)27(35)17-21)31(41)19-22-8-14-28-29(18-22)44-33(38-28)37-24-5-3-2-4-6-24/h2-14,17-18H,15-16,19-20H2,1H3,(H,36,40)(H,37,38). The molecule has 1 aromatic heterocycles. The van der Waals surface area contributed by atoms with E-state index in [0.717, 1.165) is 11.3 Å². The van der Waals surface area contributed by atoms with E-state index in [0.29, 0.717) is 50.4 Å². The minimum absolute atomic E-state index is 0.0422. The molecule has 44 heavy (non-hydrogen) atoms. The number of carbonyl (C=O) groups is 3. The van der Waals surface area contributed by atoms with Crippen molar-refractivity contribution in [3.05, 3.63) is 118 Å². The summed E-state index contributed by atoms with van der Waals surface area (Å²) in [6, 6.07) is 26.8. The Hall–Kier alpha value is -4.86. The Morgan fingerprint density at radius 1 is 0.864 bits per heavy atom. The van der Waals surface area contributed by atoms with Gasteiger partial charge in [-0.25, -0.2) is 4.79 Å². The maximum absolute atomic E-state index is 13.6. The number of benzene rings is 4. The average Bonchev–Trinajstić information content (AvgIpc) is 3.42. The predicted octanol–water partition coefficient (Wildman–Crippen LogP) is 6.92. The monoisotopic (exact) mass is 630 g/mol. The highest BCUT2D eigenvalue weighted by Crippen LogP contribution is 2.25. The van der Waals surface area contributed by atoms with E-state index in [1.54, 1.807) is 48.5 Å².